The van der Waals surface area contributed by atoms with E-state index in [9.17, 15) is 19.8 Å². The average Bonchev–Trinajstić information content (AvgIpc) is 2.09. The number of hydrogen-bond acceptors (Lipinski definition) is 6. The van der Waals surface area contributed by atoms with Gasteiger partial charge in [-0.25, -0.2) is 0 Å². The summed E-state index contributed by atoms with van der Waals surface area (Å²) in [6.07, 6.45) is -6.02. The molecule has 0 saturated heterocycles. The first-order chi connectivity index (χ1) is 6.43. The number of carbonyl (C=O) groups is 2. The Labute approximate surface area is 79.2 Å². The third-order valence-electron chi connectivity index (χ3n) is 1.36. The minimum atomic E-state index is -1.59. The summed E-state index contributed by atoms with van der Waals surface area (Å²) in [6, 6.07) is 0. The molecular weight excluding hydrogens is 196 g/mol. The lowest BCUT2D eigenvalue weighted by Crippen LogP contribution is -2.49. The fraction of sp³-hybridized carbons (Fsp3) is 0.667. The Morgan fingerprint density at radius 2 is 1.29 bits per heavy atom. The van der Waals surface area contributed by atoms with Crippen LogP contribution in [0.4, 0.5) is 9.59 Å². The van der Waals surface area contributed by atoms with E-state index in [4.69, 9.17) is 10.2 Å². The Kier molecular flexibility index (Phi) is 5.34. The van der Waals surface area contributed by atoms with Gasteiger partial charge in [-0.15, -0.1) is 0 Å². The van der Waals surface area contributed by atoms with Crippen LogP contribution in [0.1, 0.15) is 0 Å². The minimum Gasteiger partial charge on any atom is -0.530 e. The lowest BCUT2D eigenvalue weighted by atomic mass is 10.2. The number of rotatable bonds is 5. The summed E-state index contributed by atoms with van der Waals surface area (Å²) in [5, 5.41) is 41.2. The van der Waals surface area contributed by atoms with Gasteiger partial charge in [0, 0.05) is 13.1 Å². The molecule has 0 fully saturated rings. The van der Waals surface area contributed by atoms with Crippen molar-refractivity contribution in [1.29, 1.82) is 0 Å². The number of aliphatic hydroxyl groups excluding tert-OH is 2. The Bertz CT molecular complexity index is 186. The van der Waals surface area contributed by atoms with Crippen LogP contribution in [0.2, 0.25) is 0 Å². The number of carbonyl (C=O) groups excluding carboxylic acids is 2. The van der Waals surface area contributed by atoms with Crippen LogP contribution in [0.25, 0.3) is 0 Å². The van der Waals surface area contributed by atoms with E-state index in [1.165, 1.54) is 0 Å². The van der Waals surface area contributed by atoms with Gasteiger partial charge >= 0.3 is 0 Å². The summed E-state index contributed by atoms with van der Waals surface area (Å²) in [5.74, 6) is 0. The van der Waals surface area contributed by atoms with Crippen LogP contribution in [0, 0.1) is 0 Å². The van der Waals surface area contributed by atoms with Crippen LogP contribution in [0.5, 0.6) is 0 Å². The SMILES string of the molecule is O=C([O-])NCC(O)C(O)CNC(=O)[O-]. The van der Waals surface area contributed by atoms with Gasteiger partial charge in [-0.2, -0.15) is 0 Å². The first-order valence-corrected chi connectivity index (χ1v) is 3.69. The fourth-order valence-corrected chi connectivity index (χ4v) is 0.648. The lowest BCUT2D eigenvalue weighted by Gasteiger charge is -2.19. The summed E-state index contributed by atoms with van der Waals surface area (Å²) < 4.78 is 0. The van der Waals surface area contributed by atoms with E-state index in [1.807, 2.05) is 0 Å². The molecule has 0 rings (SSSR count). The van der Waals surface area contributed by atoms with Gasteiger partial charge in [0.05, 0.1) is 12.2 Å². The van der Waals surface area contributed by atoms with Crippen molar-refractivity contribution in [2.75, 3.05) is 13.1 Å². The molecule has 2 atom stereocenters. The van der Waals surface area contributed by atoms with Gasteiger partial charge in [0.1, 0.15) is 12.2 Å². The quantitative estimate of drug-likeness (QED) is 0.357. The Morgan fingerprint density at radius 3 is 1.50 bits per heavy atom. The number of hydrogen-bond donors (Lipinski definition) is 4. The van der Waals surface area contributed by atoms with E-state index in [0.717, 1.165) is 0 Å². The molecule has 8 nitrogen and oxygen atoms in total. The maximum Gasteiger partial charge on any atom is 0.134 e. The van der Waals surface area contributed by atoms with E-state index in [1.54, 1.807) is 10.6 Å². The van der Waals surface area contributed by atoms with Gasteiger partial charge in [-0.1, -0.05) is 0 Å². The third-order valence-corrected chi connectivity index (χ3v) is 1.36. The van der Waals surface area contributed by atoms with Gasteiger partial charge in [0.15, 0.2) is 0 Å². The zero-order valence-electron chi connectivity index (χ0n) is 7.10. The monoisotopic (exact) mass is 206 g/mol. The second kappa shape index (κ2) is 6.00. The van der Waals surface area contributed by atoms with Crippen molar-refractivity contribution in [3.63, 3.8) is 0 Å². The van der Waals surface area contributed by atoms with Crippen molar-refractivity contribution < 1.29 is 30.0 Å². The first kappa shape index (κ1) is 12.5. The van der Waals surface area contributed by atoms with Crippen LogP contribution in [0.15, 0.2) is 0 Å². The topological polar surface area (TPSA) is 145 Å². The highest BCUT2D eigenvalue weighted by Gasteiger charge is 2.15. The molecule has 14 heavy (non-hydrogen) atoms. The second-order valence-corrected chi connectivity index (χ2v) is 2.47. The molecule has 2 amide bonds. The van der Waals surface area contributed by atoms with Crippen molar-refractivity contribution in [3.8, 4) is 0 Å². The van der Waals surface area contributed by atoms with Crippen molar-refractivity contribution in [2.45, 2.75) is 12.2 Å². The van der Waals surface area contributed by atoms with E-state index in [-0.39, 0.29) is 0 Å². The maximum atomic E-state index is 9.86. The molecule has 0 saturated carbocycles. The molecule has 0 aliphatic carbocycles. The first-order valence-electron chi connectivity index (χ1n) is 3.69. The highest BCUT2D eigenvalue weighted by Crippen LogP contribution is 1.89. The zero-order chi connectivity index (χ0) is 11.1. The second-order valence-electron chi connectivity index (χ2n) is 2.47. The lowest BCUT2D eigenvalue weighted by molar-refractivity contribution is -0.253. The van der Waals surface area contributed by atoms with E-state index in [2.05, 4.69) is 0 Å². The maximum absolute atomic E-state index is 9.86. The molecule has 0 aliphatic rings. The number of amides is 2. The molecule has 8 heteroatoms. The molecule has 82 valence electrons. The van der Waals surface area contributed by atoms with Crippen LogP contribution in [-0.2, 0) is 0 Å². The summed E-state index contributed by atoms with van der Waals surface area (Å²) in [6.45, 7) is -0.892. The van der Waals surface area contributed by atoms with Crippen molar-refractivity contribution in [2.24, 2.45) is 0 Å². The summed E-state index contributed by atoms with van der Waals surface area (Å²) in [4.78, 5) is 19.7. The van der Waals surface area contributed by atoms with E-state index >= 15 is 0 Å². The Balaban J connectivity index is 3.69. The van der Waals surface area contributed by atoms with Gasteiger partial charge in [-0.05, 0) is 0 Å². The molecule has 0 radical (unpaired) electrons. The molecule has 0 spiro atoms. The third kappa shape index (κ3) is 6.03. The molecule has 0 aromatic carbocycles. The Morgan fingerprint density at radius 1 is 1.00 bits per heavy atom. The Hall–Kier alpha value is -1.54. The molecule has 2 unspecified atom stereocenters. The number of carboxylic acid groups (broad SMARTS) is 2. The normalized spacial score (nSPS) is 14.1. The van der Waals surface area contributed by atoms with Gasteiger partial charge < -0.3 is 40.6 Å². The summed E-state index contributed by atoms with van der Waals surface area (Å²) in [7, 11) is 0. The van der Waals surface area contributed by atoms with Crippen LogP contribution < -0.4 is 20.8 Å². The highest BCUT2D eigenvalue weighted by molar-refractivity contribution is 5.62. The summed E-state index contributed by atoms with van der Waals surface area (Å²) >= 11 is 0. The molecule has 4 N–H and O–H groups in total. The standard InChI is InChI=1S/C6H12N2O6/c9-3(1-7-5(11)12)4(10)2-8-6(13)14/h3-4,7-10H,1-2H2,(H,11,12)(H,13,14)/p-2. The molecule has 0 aliphatic heterocycles. The predicted octanol–water partition coefficient (Wildman–Crippen LogP) is -4.43. The van der Waals surface area contributed by atoms with E-state index < -0.39 is 37.5 Å². The fourth-order valence-electron chi connectivity index (χ4n) is 0.648. The number of nitrogens with one attached hydrogen (secondary N) is 2. The average molecular weight is 206 g/mol. The predicted molar refractivity (Wildman–Crippen MR) is 38.8 cm³/mol. The summed E-state index contributed by atoms with van der Waals surface area (Å²) in [5.41, 5.74) is 0. The molecule has 0 aromatic rings. The molecule has 0 bridgehead atoms. The van der Waals surface area contributed by atoms with Gasteiger partial charge in [0.2, 0.25) is 0 Å². The zero-order valence-corrected chi connectivity index (χ0v) is 7.10. The van der Waals surface area contributed by atoms with Gasteiger partial charge in [0.25, 0.3) is 0 Å². The van der Waals surface area contributed by atoms with Crippen LogP contribution >= 0.6 is 0 Å². The van der Waals surface area contributed by atoms with Crippen LogP contribution in [0.3, 0.4) is 0 Å². The van der Waals surface area contributed by atoms with Crippen LogP contribution in [-0.4, -0.2) is 47.7 Å². The molecular formula is C6H10N2O6-2. The smallest absolute Gasteiger partial charge is 0.134 e. The molecule has 0 aromatic heterocycles. The van der Waals surface area contributed by atoms with Crippen molar-refractivity contribution in [1.82, 2.24) is 10.6 Å². The van der Waals surface area contributed by atoms with Gasteiger partial charge in [-0.3, -0.25) is 0 Å². The minimum absolute atomic E-state index is 0.446. The molecule has 0 heterocycles. The van der Waals surface area contributed by atoms with Crippen molar-refractivity contribution in [3.05, 3.63) is 0 Å². The van der Waals surface area contributed by atoms with E-state index in [0.29, 0.717) is 0 Å². The van der Waals surface area contributed by atoms with Crippen molar-refractivity contribution >= 4 is 12.2 Å². The largest absolute Gasteiger partial charge is 0.530 e. The number of aliphatic hydroxyl groups is 2. The highest BCUT2D eigenvalue weighted by atomic mass is 16.4.